The van der Waals surface area contributed by atoms with Crippen LogP contribution in [0.25, 0.3) is 10.6 Å². The summed E-state index contributed by atoms with van der Waals surface area (Å²) in [5, 5.41) is 20.3. The third kappa shape index (κ3) is 3.64. The molecule has 0 radical (unpaired) electrons. The molecule has 5 heteroatoms. The van der Waals surface area contributed by atoms with Crippen LogP contribution in [-0.2, 0) is 0 Å². The maximum absolute atomic E-state index is 9.95. The fourth-order valence-corrected chi connectivity index (χ4v) is 3.99. The molecule has 1 aliphatic rings. The van der Waals surface area contributed by atoms with Crippen LogP contribution in [0, 0.1) is 11.3 Å². The third-order valence-corrected chi connectivity index (χ3v) is 5.43. The molecule has 4 rings (SSSR count). The number of benzene rings is 2. The molecule has 0 saturated heterocycles. The van der Waals surface area contributed by atoms with Crippen molar-refractivity contribution in [1.82, 2.24) is 10.2 Å². The molecule has 1 aliphatic carbocycles. The number of hydrogen-bond acceptors (Lipinski definition) is 4. The zero-order chi connectivity index (χ0) is 19.3. The van der Waals surface area contributed by atoms with E-state index < -0.39 is 6.04 Å². The van der Waals surface area contributed by atoms with Crippen molar-refractivity contribution in [3.8, 4) is 6.07 Å². The van der Waals surface area contributed by atoms with Gasteiger partial charge in [-0.2, -0.15) is 15.5 Å². The Bertz CT molecular complexity index is 1140. The fourth-order valence-electron chi connectivity index (χ4n) is 3.32. The van der Waals surface area contributed by atoms with Crippen molar-refractivity contribution < 1.29 is 0 Å². The predicted molar refractivity (Wildman–Crippen MR) is 114 cm³/mol. The Morgan fingerprint density at radius 3 is 2.29 bits per heavy atom. The SMILES string of the molecule is N#CC(N=C(c1ccccc1)c1ccccc1)c1nncc2c1=C(Br)CCC=2. The minimum absolute atomic E-state index is 0.590. The molecule has 1 aromatic heterocycles. The van der Waals surface area contributed by atoms with Gasteiger partial charge in [-0.1, -0.05) is 82.7 Å². The van der Waals surface area contributed by atoms with Crippen molar-refractivity contribution in [3.05, 3.63) is 94.1 Å². The topological polar surface area (TPSA) is 61.9 Å². The molecule has 136 valence electrons. The van der Waals surface area contributed by atoms with Crippen molar-refractivity contribution >= 4 is 32.2 Å². The Kier molecular flexibility index (Phi) is 5.41. The van der Waals surface area contributed by atoms with Crippen molar-refractivity contribution in [2.75, 3.05) is 0 Å². The van der Waals surface area contributed by atoms with Gasteiger partial charge >= 0.3 is 0 Å². The lowest BCUT2D eigenvalue weighted by atomic mass is 10.0. The zero-order valence-corrected chi connectivity index (χ0v) is 16.7. The number of hydrogen-bond donors (Lipinski definition) is 0. The number of rotatable bonds is 4. The monoisotopic (exact) mass is 428 g/mol. The summed E-state index contributed by atoms with van der Waals surface area (Å²) in [4.78, 5) is 4.85. The van der Waals surface area contributed by atoms with Gasteiger partial charge in [-0.3, -0.25) is 4.99 Å². The van der Waals surface area contributed by atoms with Gasteiger partial charge < -0.3 is 0 Å². The van der Waals surface area contributed by atoms with E-state index in [1.807, 2.05) is 60.7 Å². The van der Waals surface area contributed by atoms with Gasteiger partial charge in [-0.15, -0.1) is 0 Å². The van der Waals surface area contributed by atoms with E-state index in [1.165, 1.54) is 0 Å². The quantitative estimate of drug-likeness (QED) is 0.595. The first-order valence-corrected chi connectivity index (χ1v) is 9.86. The van der Waals surface area contributed by atoms with E-state index in [2.05, 4.69) is 38.3 Å². The molecule has 0 spiro atoms. The van der Waals surface area contributed by atoms with E-state index in [9.17, 15) is 5.26 Å². The van der Waals surface area contributed by atoms with Crippen LogP contribution in [-0.4, -0.2) is 15.9 Å². The van der Waals surface area contributed by atoms with Crippen molar-refractivity contribution in [3.63, 3.8) is 0 Å². The Morgan fingerprint density at radius 1 is 1.04 bits per heavy atom. The molecule has 0 aliphatic heterocycles. The first-order valence-electron chi connectivity index (χ1n) is 9.06. The van der Waals surface area contributed by atoms with E-state index >= 15 is 0 Å². The predicted octanol–water partition coefficient (Wildman–Crippen LogP) is 3.66. The van der Waals surface area contributed by atoms with Gasteiger partial charge in [0.25, 0.3) is 0 Å². The van der Waals surface area contributed by atoms with Crippen LogP contribution in [0.5, 0.6) is 0 Å². The Labute approximate surface area is 171 Å². The number of halogens is 1. The van der Waals surface area contributed by atoms with Gasteiger partial charge in [0.2, 0.25) is 0 Å². The molecule has 0 N–H and O–H groups in total. The second-order valence-electron chi connectivity index (χ2n) is 6.45. The maximum atomic E-state index is 9.95. The molecule has 0 saturated carbocycles. The minimum Gasteiger partial charge on any atom is -0.259 e. The molecule has 28 heavy (non-hydrogen) atoms. The molecule has 1 heterocycles. The van der Waals surface area contributed by atoms with Crippen LogP contribution in [0.15, 0.2) is 71.9 Å². The summed E-state index contributed by atoms with van der Waals surface area (Å²) in [6.45, 7) is 0. The standard InChI is InChI=1S/C23H17BrN4/c24-19-13-7-12-18-15-26-28-23(21(18)19)20(14-25)27-22(16-8-3-1-4-9-16)17-10-5-2-6-11-17/h1-6,8-12,15,20H,7,13H2. The molecule has 1 unspecified atom stereocenters. The smallest absolute Gasteiger partial charge is 0.181 e. The summed E-state index contributed by atoms with van der Waals surface area (Å²) >= 11 is 3.66. The normalized spacial score (nSPS) is 13.6. The molecule has 2 aromatic carbocycles. The van der Waals surface area contributed by atoms with Crippen LogP contribution in [0.2, 0.25) is 0 Å². The third-order valence-electron chi connectivity index (χ3n) is 4.64. The molecule has 0 amide bonds. The molecule has 4 nitrogen and oxygen atoms in total. The lowest BCUT2D eigenvalue weighted by molar-refractivity contribution is 0.806. The second-order valence-corrected chi connectivity index (χ2v) is 7.41. The molecule has 0 bridgehead atoms. The largest absolute Gasteiger partial charge is 0.259 e. The number of aliphatic imine (C=N–C) groups is 1. The molecule has 1 atom stereocenters. The van der Waals surface area contributed by atoms with Crippen molar-refractivity contribution in [2.24, 2.45) is 4.99 Å². The highest BCUT2D eigenvalue weighted by Gasteiger charge is 2.19. The van der Waals surface area contributed by atoms with Gasteiger partial charge in [0.1, 0.15) is 5.69 Å². The fraction of sp³-hybridized carbons (Fsp3) is 0.130. The lowest BCUT2D eigenvalue weighted by Gasteiger charge is -2.13. The van der Waals surface area contributed by atoms with Crippen LogP contribution in [0.1, 0.15) is 35.7 Å². The Morgan fingerprint density at radius 2 is 1.68 bits per heavy atom. The van der Waals surface area contributed by atoms with E-state index in [-0.39, 0.29) is 0 Å². The highest BCUT2D eigenvalue weighted by molar-refractivity contribution is 9.14. The van der Waals surface area contributed by atoms with E-state index in [0.717, 1.165) is 44.6 Å². The first-order chi connectivity index (χ1) is 13.8. The lowest BCUT2D eigenvalue weighted by Crippen LogP contribution is -2.35. The summed E-state index contributed by atoms with van der Waals surface area (Å²) in [6, 6.07) is 21.4. The average molecular weight is 429 g/mol. The van der Waals surface area contributed by atoms with Crippen molar-refractivity contribution in [2.45, 2.75) is 18.9 Å². The minimum atomic E-state index is -0.753. The first kappa shape index (κ1) is 18.3. The van der Waals surface area contributed by atoms with E-state index in [0.29, 0.717) is 5.69 Å². The Balaban J connectivity index is 1.92. The number of nitriles is 1. The zero-order valence-electron chi connectivity index (χ0n) is 15.1. The average Bonchev–Trinajstić information content (AvgIpc) is 2.76. The summed E-state index contributed by atoms with van der Waals surface area (Å²) in [7, 11) is 0. The van der Waals surface area contributed by atoms with E-state index in [4.69, 9.17) is 4.99 Å². The van der Waals surface area contributed by atoms with Crippen LogP contribution in [0.4, 0.5) is 0 Å². The van der Waals surface area contributed by atoms with Crippen LogP contribution in [0.3, 0.4) is 0 Å². The number of nitrogens with zero attached hydrogens (tertiary/aromatic N) is 4. The molecule has 3 aromatic rings. The molecular formula is C23H17BrN4. The second kappa shape index (κ2) is 8.28. The van der Waals surface area contributed by atoms with Gasteiger partial charge in [0.15, 0.2) is 6.04 Å². The van der Waals surface area contributed by atoms with Gasteiger partial charge in [0, 0.05) is 26.0 Å². The maximum Gasteiger partial charge on any atom is 0.181 e. The summed E-state index contributed by atoms with van der Waals surface area (Å²) in [5.41, 5.74) is 3.28. The van der Waals surface area contributed by atoms with Gasteiger partial charge in [0.05, 0.1) is 18.0 Å². The summed E-state index contributed by atoms with van der Waals surface area (Å²) in [6.07, 6.45) is 5.70. The number of fused-ring (bicyclic) bond motifs is 1. The van der Waals surface area contributed by atoms with Gasteiger partial charge in [-0.25, -0.2) is 0 Å². The molecular weight excluding hydrogens is 412 g/mol. The van der Waals surface area contributed by atoms with Gasteiger partial charge in [-0.05, 0) is 12.8 Å². The summed E-state index contributed by atoms with van der Waals surface area (Å²) < 4.78 is 1.05. The Hall–Kier alpha value is -3.10. The number of aromatic nitrogens is 2. The highest BCUT2D eigenvalue weighted by Crippen LogP contribution is 2.20. The highest BCUT2D eigenvalue weighted by atomic mass is 79.9. The van der Waals surface area contributed by atoms with Crippen LogP contribution < -0.4 is 10.4 Å². The summed E-state index contributed by atoms with van der Waals surface area (Å²) in [5.74, 6) is 0. The van der Waals surface area contributed by atoms with E-state index in [1.54, 1.807) is 6.20 Å². The molecule has 0 fully saturated rings. The van der Waals surface area contributed by atoms with Crippen LogP contribution >= 0.6 is 15.9 Å². The van der Waals surface area contributed by atoms with Crippen molar-refractivity contribution in [1.29, 1.82) is 5.26 Å².